The number of fused-ring (bicyclic) bond motifs is 1. The molecule has 1 aromatic carbocycles. The van der Waals surface area contributed by atoms with Crippen LogP contribution in [0.2, 0.25) is 24.8 Å². The fourth-order valence-corrected chi connectivity index (χ4v) is 4.40. The highest BCUT2D eigenvalue weighted by atomic mass is 35.5. The zero-order valence-electron chi connectivity index (χ0n) is 13.2. The normalized spacial score (nSPS) is 11.9. The van der Waals surface area contributed by atoms with Gasteiger partial charge in [-0.3, -0.25) is 0 Å². The number of pyridine rings is 1. The molecule has 3 nitrogen and oxygen atoms in total. The summed E-state index contributed by atoms with van der Waals surface area (Å²) < 4.78 is 5.37. The summed E-state index contributed by atoms with van der Waals surface area (Å²) in [5, 5.41) is 2.92. The molecule has 1 N–H and O–H groups in total. The summed E-state index contributed by atoms with van der Waals surface area (Å²) in [6.07, 6.45) is 1.85. The van der Waals surface area contributed by atoms with Crippen molar-refractivity contribution in [2.24, 2.45) is 0 Å². The van der Waals surface area contributed by atoms with Crippen LogP contribution in [-0.4, -0.2) is 25.2 Å². The number of aromatic amines is 1. The summed E-state index contributed by atoms with van der Waals surface area (Å²) in [5.41, 5.74) is 3.40. The zero-order valence-corrected chi connectivity index (χ0v) is 15.0. The van der Waals surface area contributed by atoms with E-state index in [9.17, 15) is 0 Å². The SMILES string of the molecule is COc1cccc(-c2c([Si-](C)(C)C)[nH]c3cc(Cl)ncc23)c1. The van der Waals surface area contributed by atoms with E-state index >= 15 is 0 Å². The lowest BCUT2D eigenvalue weighted by molar-refractivity contribution is 0.415. The van der Waals surface area contributed by atoms with Crippen molar-refractivity contribution in [1.29, 1.82) is 0 Å². The molecular formula is C17H19ClN2OSi-. The molecule has 3 rings (SSSR count). The van der Waals surface area contributed by atoms with Gasteiger partial charge >= 0.3 is 0 Å². The highest BCUT2D eigenvalue weighted by molar-refractivity contribution is 6.89. The molecule has 5 heteroatoms. The Hall–Kier alpha value is -1.78. The Bertz CT molecular complexity index is 836. The van der Waals surface area contributed by atoms with E-state index < -0.39 is 8.07 Å². The van der Waals surface area contributed by atoms with E-state index in [1.165, 1.54) is 10.9 Å². The summed E-state index contributed by atoms with van der Waals surface area (Å²) in [4.78, 5) is 7.84. The lowest BCUT2D eigenvalue weighted by Gasteiger charge is -2.29. The molecular weight excluding hydrogens is 312 g/mol. The first-order valence-corrected chi connectivity index (χ1v) is 11.1. The van der Waals surface area contributed by atoms with Crippen molar-refractivity contribution in [1.82, 2.24) is 9.97 Å². The summed E-state index contributed by atoms with van der Waals surface area (Å²) in [6.45, 7) is 6.99. The fraction of sp³-hybridized carbons (Fsp3) is 0.235. The molecule has 0 radical (unpaired) electrons. The Morgan fingerprint density at radius 2 is 1.95 bits per heavy atom. The number of ether oxygens (including phenoxy) is 1. The van der Waals surface area contributed by atoms with Gasteiger partial charge in [0.15, 0.2) is 0 Å². The van der Waals surface area contributed by atoms with Gasteiger partial charge in [0.2, 0.25) is 0 Å². The third-order valence-corrected chi connectivity index (χ3v) is 5.84. The van der Waals surface area contributed by atoms with Gasteiger partial charge < -0.3 is 9.72 Å². The second-order valence-corrected chi connectivity index (χ2v) is 11.8. The molecule has 0 unspecified atom stereocenters. The highest BCUT2D eigenvalue weighted by Crippen LogP contribution is 2.31. The molecule has 115 valence electrons. The lowest BCUT2D eigenvalue weighted by Crippen LogP contribution is -2.39. The lowest BCUT2D eigenvalue weighted by atomic mass is 10.1. The number of hydrogen-bond acceptors (Lipinski definition) is 2. The average molecular weight is 331 g/mol. The molecule has 0 amide bonds. The first-order chi connectivity index (χ1) is 10.4. The number of H-pyrrole nitrogens is 1. The second kappa shape index (κ2) is 5.45. The topological polar surface area (TPSA) is 37.9 Å². The van der Waals surface area contributed by atoms with E-state index in [4.69, 9.17) is 16.3 Å². The van der Waals surface area contributed by atoms with Gasteiger partial charge in [-0.05, 0) is 29.3 Å². The van der Waals surface area contributed by atoms with Crippen LogP contribution in [-0.2, 0) is 0 Å². The quantitative estimate of drug-likeness (QED) is 0.569. The highest BCUT2D eigenvalue weighted by Gasteiger charge is 2.17. The Kier molecular flexibility index (Phi) is 3.74. The van der Waals surface area contributed by atoms with Crippen LogP contribution in [0.25, 0.3) is 22.0 Å². The third-order valence-electron chi connectivity index (χ3n) is 3.76. The molecule has 0 fully saturated rings. The molecule has 0 atom stereocenters. The molecule has 0 bridgehead atoms. The van der Waals surface area contributed by atoms with E-state index in [-0.39, 0.29) is 0 Å². The van der Waals surface area contributed by atoms with Crippen LogP contribution in [0.4, 0.5) is 0 Å². The molecule has 0 aliphatic rings. The minimum atomic E-state index is -1.56. The summed E-state index contributed by atoms with van der Waals surface area (Å²) in [5.74, 6) is 0.857. The summed E-state index contributed by atoms with van der Waals surface area (Å²) >= 11 is 6.05. The van der Waals surface area contributed by atoms with Crippen LogP contribution in [0.3, 0.4) is 0 Å². The number of aromatic nitrogens is 2. The van der Waals surface area contributed by atoms with E-state index in [0.717, 1.165) is 22.2 Å². The molecule has 22 heavy (non-hydrogen) atoms. The van der Waals surface area contributed by atoms with Gasteiger partial charge in [0.1, 0.15) is 10.9 Å². The maximum absolute atomic E-state index is 6.05. The fourth-order valence-electron chi connectivity index (χ4n) is 2.71. The second-order valence-electron chi connectivity index (χ2n) is 6.41. The molecule has 0 saturated heterocycles. The Labute approximate surface area is 136 Å². The van der Waals surface area contributed by atoms with Crippen LogP contribution >= 0.6 is 11.6 Å². The van der Waals surface area contributed by atoms with E-state index in [1.54, 1.807) is 7.11 Å². The number of nitrogens with zero attached hydrogens (tertiary/aromatic N) is 1. The first kappa shape index (κ1) is 15.1. The summed E-state index contributed by atoms with van der Waals surface area (Å²) in [6, 6.07) is 10.1. The maximum atomic E-state index is 6.05. The standard InChI is InChI=1S/C17H19ClN2OSi/c1-21-12-7-5-6-11(8-12)16-13-10-19-15(18)9-14(13)20-17(16)22(2,3)4/h5-10,20H,1-4H3/q-1. The minimum Gasteiger partial charge on any atom is -0.497 e. The van der Waals surface area contributed by atoms with E-state index in [1.807, 2.05) is 24.4 Å². The average Bonchev–Trinajstić information content (AvgIpc) is 2.86. The van der Waals surface area contributed by atoms with Crippen molar-refractivity contribution in [3.63, 3.8) is 0 Å². The Balaban J connectivity index is 2.34. The minimum absolute atomic E-state index is 0.507. The van der Waals surface area contributed by atoms with Crippen LogP contribution in [0, 0.1) is 0 Å². The molecule has 2 aromatic heterocycles. The number of methoxy groups -OCH3 is 1. The smallest absolute Gasteiger partial charge is 0.131 e. The third kappa shape index (κ3) is 2.64. The van der Waals surface area contributed by atoms with Gasteiger partial charge in [-0.1, -0.05) is 23.7 Å². The van der Waals surface area contributed by atoms with Crippen molar-refractivity contribution in [3.8, 4) is 16.9 Å². The van der Waals surface area contributed by atoms with Crippen molar-refractivity contribution in [2.75, 3.05) is 7.11 Å². The maximum Gasteiger partial charge on any atom is 0.131 e. The number of rotatable bonds is 3. The van der Waals surface area contributed by atoms with Crippen molar-refractivity contribution in [3.05, 3.63) is 41.7 Å². The van der Waals surface area contributed by atoms with E-state index in [0.29, 0.717) is 5.15 Å². The van der Waals surface area contributed by atoms with Gasteiger partial charge in [0.25, 0.3) is 0 Å². The van der Waals surface area contributed by atoms with Gasteiger partial charge in [-0.15, -0.1) is 13.4 Å². The van der Waals surface area contributed by atoms with Gasteiger partial charge in [0, 0.05) is 17.1 Å². The van der Waals surface area contributed by atoms with Gasteiger partial charge in [-0.25, -0.2) is 4.98 Å². The van der Waals surface area contributed by atoms with Crippen LogP contribution in [0.15, 0.2) is 36.5 Å². The Morgan fingerprint density at radius 3 is 2.64 bits per heavy atom. The number of hydrogen-bond donors (Lipinski definition) is 1. The summed E-state index contributed by atoms with van der Waals surface area (Å²) in [7, 11) is 0.134. The molecule has 0 aliphatic heterocycles. The van der Waals surface area contributed by atoms with E-state index in [2.05, 4.69) is 41.7 Å². The number of benzene rings is 1. The van der Waals surface area contributed by atoms with Gasteiger partial charge in [-0.2, -0.15) is 19.6 Å². The van der Waals surface area contributed by atoms with Gasteiger partial charge in [0.05, 0.1) is 7.11 Å². The monoisotopic (exact) mass is 330 g/mol. The number of nitrogens with one attached hydrogen (secondary N) is 1. The van der Waals surface area contributed by atoms with Crippen molar-refractivity contribution < 1.29 is 4.74 Å². The van der Waals surface area contributed by atoms with Crippen LogP contribution in [0.5, 0.6) is 5.75 Å². The molecule has 3 aromatic rings. The molecule has 2 heterocycles. The van der Waals surface area contributed by atoms with Crippen molar-refractivity contribution in [2.45, 2.75) is 19.6 Å². The predicted octanol–water partition coefficient (Wildman–Crippen LogP) is 4.44. The van der Waals surface area contributed by atoms with Crippen molar-refractivity contribution >= 4 is 35.9 Å². The molecule has 0 saturated carbocycles. The Morgan fingerprint density at radius 1 is 1.18 bits per heavy atom. The number of halogens is 1. The molecule has 0 spiro atoms. The zero-order chi connectivity index (χ0) is 15.9. The molecule has 0 aliphatic carbocycles. The predicted molar refractivity (Wildman–Crippen MR) is 96.1 cm³/mol. The first-order valence-electron chi connectivity index (χ1n) is 7.22. The van der Waals surface area contributed by atoms with Crippen LogP contribution < -0.4 is 10.1 Å². The largest absolute Gasteiger partial charge is 0.497 e. The van der Waals surface area contributed by atoms with Crippen LogP contribution in [0.1, 0.15) is 0 Å².